The van der Waals surface area contributed by atoms with E-state index in [0.29, 0.717) is 25.0 Å². The Hall–Kier alpha value is -1.37. The van der Waals surface area contributed by atoms with Gasteiger partial charge in [0.15, 0.2) is 5.60 Å². The van der Waals surface area contributed by atoms with Crippen molar-refractivity contribution >= 4 is 13.3 Å². The maximum absolute atomic E-state index is 12.3. The van der Waals surface area contributed by atoms with Crippen LogP contribution in [0.2, 0.25) is 0 Å². The average Bonchev–Trinajstić information content (AvgIpc) is 2.65. The third-order valence-electron chi connectivity index (χ3n) is 4.88. The number of benzene rings is 1. The van der Waals surface area contributed by atoms with Gasteiger partial charge >= 0.3 is 13.3 Å². The molecule has 2 N–H and O–H groups in total. The lowest BCUT2D eigenvalue weighted by Crippen LogP contribution is -2.49. The van der Waals surface area contributed by atoms with Gasteiger partial charge in [0.25, 0.3) is 0 Å². The standard InChI is InChI=1S/C20H33BO5/c1-4-7-8-9-13-16-25-21(24)26-20(19(22)23,17(5-2)6-3)18-14-11-10-12-15-18/h10-12,14-15,17,24H,4-9,13,16H2,1-3H3,(H,22,23). The van der Waals surface area contributed by atoms with Gasteiger partial charge in [0.1, 0.15) is 0 Å². The molecule has 0 aromatic heterocycles. The minimum Gasteiger partial charge on any atom is -0.479 e. The van der Waals surface area contributed by atoms with E-state index in [1.165, 1.54) is 12.8 Å². The lowest BCUT2D eigenvalue weighted by atomic mass is 9.77. The number of hydrogen-bond acceptors (Lipinski definition) is 4. The topological polar surface area (TPSA) is 76.0 Å². The number of carbonyl (C=O) groups is 1. The molecule has 0 radical (unpaired) electrons. The summed E-state index contributed by atoms with van der Waals surface area (Å²) < 4.78 is 11.0. The van der Waals surface area contributed by atoms with E-state index in [1.54, 1.807) is 24.3 Å². The maximum Gasteiger partial charge on any atom is 0.637 e. The van der Waals surface area contributed by atoms with Crippen LogP contribution in [-0.4, -0.2) is 30.0 Å². The number of carboxylic acid groups (broad SMARTS) is 1. The van der Waals surface area contributed by atoms with Crippen molar-refractivity contribution in [3.63, 3.8) is 0 Å². The van der Waals surface area contributed by atoms with E-state index < -0.39 is 18.9 Å². The van der Waals surface area contributed by atoms with Crippen molar-refractivity contribution in [1.82, 2.24) is 0 Å². The molecular weight excluding hydrogens is 331 g/mol. The second kappa shape index (κ2) is 12.1. The molecule has 1 rings (SSSR count). The third kappa shape index (κ3) is 6.11. The number of carboxylic acids is 1. The molecule has 1 unspecified atom stereocenters. The molecule has 1 aromatic carbocycles. The summed E-state index contributed by atoms with van der Waals surface area (Å²) in [5.74, 6) is -1.40. The van der Waals surface area contributed by atoms with Gasteiger partial charge in [-0.1, -0.05) is 76.8 Å². The van der Waals surface area contributed by atoms with Gasteiger partial charge in [-0.25, -0.2) is 4.79 Å². The van der Waals surface area contributed by atoms with Crippen LogP contribution in [0.5, 0.6) is 0 Å². The number of rotatable bonds is 14. The summed E-state index contributed by atoms with van der Waals surface area (Å²) in [6.45, 7) is 6.36. The van der Waals surface area contributed by atoms with Crippen LogP contribution in [0, 0.1) is 5.92 Å². The van der Waals surface area contributed by atoms with E-state index in [0.717, 1.165) is 19.3 Å². The van der Waals surface area contributed by atoms with Crippen LogP contribution in [0.1, 0.15) is 71.3 Å². The van der Waals surface area contributed by atoms with Gasteiger partial charge in [0.05, 0.1) is 0 Å². The fourth-order valence-corrected chi connectivity index (χ4v) is 3.38. The normalized spacial score (nSPS) is 13.6. The average molecular weight is 364 g/mol. The largest absolute Gasteiger partial charge is 0.637 e. The van der Waals surface area contributed by atoms with Gasteiger partial charge in [-0.2, -0.15) is 0 Å². The van der Waals surface area contributed by atoms with Crippen LogP contribution >= 0.6 is 0 Å². The Morgan fingerprint density at radius 3 is 2.23 bits per heavy atom. The highest BCUT2D eigenvalue weighted by Gasteiger charge is 2.50. The number of unbranched alkanes of at least 4 members (excludes halogenated alkanes) is 4. The van der Waals surface area contributed by atoms with Crippen molar-refractivity contribution in [1.29, 1.82) is 0 Å². The molecular formula is C20H33BO5. The van der Waals surface area contributed by atoms with Crippen LogP contribution < -0.4 is 0 Å². The van der Waals surface area contributed by atoms with E-state index >= 15 is 0 Å². The zero-order chi connectivity index (χ0) is 19.4. The Kier molecular flexibility index (Phi) is 10.6. The van der Waals surface area contributed by atoms with E-state index in [1.807, 2.05) is 19.9 Å². The van der Waals surface area contributed by atoms with Crippen LogP contribution in [0.3, 0.4) is 0 Å². The lowest BCUT2D eigenvalue weighted by molar-refractivity contribution is -0.167. The number of aliphatic carboxylic acids is 1. The molecule has 0 aliphatic carbocycles. The summed E-state index contributed by atoms with van der Waals surface area (Å²) >= 11 is 0. The molecule has 0 amide bonds. The van der Waals surface area contributed by atoms with Gasteiger partial charge in [-0.15, -0.1) is 0 Å². The molecule has 0 spiro atoms. The summed E-state index contributed by atoms with van der Waals surface area (Å²) in [6, 6.07) is 8.83. The van der Waals surface area contributed by atoms with E-state index in [2.05, 4.69) is 6.92 Å². The minimum atomic E-state index is -1.63. The first kappa shape index (κ1) is 22.7. The lowest BCUT2D eigenvalue weighted by Gasteiger charge is -2.37. The van der Waals surface area contributed by atoms with Crippen LogP contribution in [0.25, 0.3) is 0 Å². The van der Waals surface area contributed by atoms with Gasteiger partial charge in [-0.3, -0.25) is 0 Å². The molecule has 6 heteroatoms. The smallest absolute Gasteiger partial charge is 0.479 e. The van der Waals surface area contributed by atoms with Gasteiger partial charge < -0.3 is 19.4 Å². The zero-order valence-corrected chi connectivity index (χ0v) is 16.3. The number of hydrogen-bond donors (Lipinski definition) is 2. The predicted molar refractivity (Wildman–Crippen MR) is 104 cm³/mol. The second-order valence-corrected chi connectivity index (χ2v) is 6.63. The quantitative estimate of drug-likeness (QED) is 0.378. The fraction of sp³-hybridized carbons (Fsp3) is 0.650. The SMILES string of the molecule is CCCCCCCOB(O)OC(C(=O)O)(c1ccccc1)C(CC)CC. The zero-order valence-electron chi connectivity index (χ0n) is 16.3. The van der Waals surface area contributed by atoms with Crippen LogP contribution in [-0.2, 0) is 19.7 Å². The highest BCUT2D eigenvalue weighted by Crippen LogP contribution is 2.38. The fourth-order valence-electron chi connectivity index (χ4n) is 3.38. The molecule has 0 aliphatic rings. The van der Waals surface area contributed by atoms with Crippen molar-refractivity contribution in [2.75, 3.05) is 6.61 Å². The summed E-state index contributed by atoms with van der Waals surface area (Å²) in [5, 5.41) is 20.3. The molecule has 146 valence electrons. The first-order chi connectivity index (χ1) is 12.5. The maximum atomic E-state index is 12.3. The molecule has 0 bridgehead atoms. The monoisotopic (exact) mass is 364 g/mol. The van der Waals surface area contributed by atoms with Crippen molar-refractivity contribution in [2.45, 2.75) is 71.3 Å². The Morgan fingerprint density at radius 1 is 1.08 bits per heavy atom. The van der Waals surface area contributed by atoms with Crippen molar-refractivity contribution in [2.24, 2.45) is 5.92 Å². The molecule has 0 aliphatic heterocycles. The Bertz CT molecular complexity index is 506. The highest BCUT2D eigenvalue weighted by atomic mass is 16.7. The van der Waals surface area contributed by atoms with Crippen LogP contribution in [0.4, 0.5) is 0 Å². The van der Waals surface area contributed by atoms with Crippen molar-refractivity contribution in [3.8, 4) is 0 Å². The predicted octanol–water partition coefficient (Wildman–Crippen LogP) is 4.38. The molecule has 26 heavy (non-hydrogen) atoms. The van der Waals surface area contributed by atoms with Crippen LogP contribution in [0.15, 0.2) is 30.3 Å². The van der Waals surface area contributed by atoms with E-state index in [4.69, 9.17) is 9.31 Å². The molecule has 0 saturated carbocycles. The summed E-state index contributed by atoms with van der Waals surface area (Å²) in [6.07, 6.45) is 6.55. The first-order valence-corrected chi connectivity index (χ1v) is 9.79. The van der Waals surface area contributed by atoms with Gasteiger partial charge in [0.2, 0.25) is 0 Å². The highest BCUT2D eigenvalue weighted by molar-refractivity contribution is 6.35. The second-order valence-electron chi connectivity index (χ2n) is 6.63. The third-order valence-corrected chi connectivity index (χ3v) is 4.88. The Labute approximate surface area is 157 Å². The van der Waals surface area contributed by atoms with E-state index in [-0.39, 0.29) is 5.92 Å². The Balaban J connectivity index is 2.87. The Morgan fingerprint density at radius 2 is 1.69 bits per heavy atom. The van der Waals surface area contributed by atoms with Crippen molar-refractivity contribution < 1.29 is 24.2 Å². The minimum absolute atomic E-state index is 0.287. The molecule has 0 heterocycles. The van der Waals surface area contributed by atoms with Crippen molar-refractivity contribution in [3.05, 3.63) is 35.9 Å². The first-order valence-electron chi connectivity index (χ1n) is 9.79. The molecule has 1 aromatic rings. The molecule has 0 saturated heterocycles. The molecule has 0 fully saturated rings. The van der Waals surface area contributed by atoms with E-state index in [9.17, 15) is 14.9 Å². The van der Waals surface area contributed by atoms with Gasteiger partial charge in [-0.05, 0) is 24.8 Å². The van der Waals surface area contributed by atoms with Gasteiger partial charge in [0, 0.05) is 12.5 Å². The summed E-state index contributed by atoms with van der Waals surface area (Å²) in [5.41, 5.74) is -1.11. The molecule has 1 atom stereocenters. The summed E-state index contributed by atoms with van der Waals surface area (Å²) in [7, 11) is -1.57. The molecule has 5 nitrogen and oxygen atoms in total. The summed E-state index contributed by atoms with van der Waals surface area (Å²) in [4.78, 5) is 12.3.